The first kappa shape index (κ1) is 11.1. The number of rotatable bonds is 4. The van der Waals surface area contributed by atoms with Gasteiger partial charge in [-0.15, -0.1) is 0 Å². The van der Waals surface area contributed by atoms with Gasteiger partial charge in [0.05, 0.1) is 6.61 Å². The molecule has 0 aliphatic carbocycles. The van der Waals surface area contributed by atoms with Crippen LogP contribution in [0.25, 0.3) is 0 Å². The molecule has 0 unspecified atom stereocenters. The van der Waals surface area contributed by atoms with Crippen molar-refractivity contribution in [1.29, 1.82) is 0 Å². The van der Waals surface area contributed by atoms with Gasteiger partial charge in [0.2, 0.25) is 0 Å². The van der Waals surface area contributed by atoms with E-state index in [2.05, 4.69) is 26.0 Å². The zero-order chi connectivity index (χ0) is 10.6. The van der Waals surface area contributed by atoms with Gasteiger partial charge in [-0.25, -0.2) is 0 Å². The van der Waals surface area contributed by atoms with Gasteiger partial charge in [-0.2, -0.15) is 0 Å². The second kappa shape index (κ2) is 4.47. The first-order chi connectivity index (χ1) is 6.60. The quantitative estimate of drug-likeness (QED) is 0.796. The summed E-state index contributed by atoms with van der Waals surface area (Å²) in [7, 11) is 0. The van der Waals surface area contributed by atoms with Gasteiger partial charge in [0.25, 0.3) is 0 Å². The molecule has 0 radical (unpaired) electrons. The zero-order valence-electron chi connectivity index (χ0n) is 9.21. The molecular formula is C12H19NO. The van der Waals surface area contributed by atoms with E-state index in [9.17, 15) is 0 Å². The Labute approximate surface area is 86.1 Å². The average Bonchev–Trinajstić information content (AvgIpc) is 2.19. The fraction of sp³-hybridized carbons (Fsp3) is 0.500. The van der Waals surface area contributed by atoms with E-state index in [1.54, 1.807) is 0 Å². The summed E-state index contributed by atoms with van der Waals surface area (Å²) in [4.78, 5) is 0. The fourth-order valence-corrected chi connectivity index (χ4v) is 1.29. The van der Waals surface area contributed by atoms with Crippen molar-refractivity contribution >= 4 is 0 Å². The topological polar surface area (TPSA) is 35.2 Å². The van der Waals surface area contributed by atoms with Gasteiger partial charge in [-0.1, -0.05) is 26.0 Å². The largest absolute Gasteiger partial charge is 0.494 e. The maximum atomic E-state index is 5.72. The van der Waals surface area contributed by atoms with Crippen molar-refractivity contribution in [3.8, 4) is 5.75 Å². The van der Waals surface area contributed by atoms with Crippen LogP contribution in [0, 0.1) is 0 Å². The summed E-state index contributed by atoms with van der Waals surface area (Å²) < 4.78 is 5.45. The Morgan fingerprint density at radius 1 is 1.36 bits per heavy atom. The Hall–Kier alpha value is -1.02. The van der Waals surface area contributed by atoms with Crippen LogP contribution in [0.1, 0.15) is 26.3 Å². The summed E-state index contributed by atoms with van der Waals surface area (Å²) in [5.41, 5.74) is 6.97. The highest BCUT2D eigenvalue weighted by atomic mass is 16.5. The second-order valence-electron chi connectivity index (χ2n) is 4.05. The molecule has 0 amide bonds. The van der Waals surface area contributed by atoms with Gasteiger partial charge >= 0.3 is 0 Å². The predicted octanol–water partition coefficient (Wildman–Crippen LogP) is 2.32. The van der Waals surface area contributed by atoms with Crippen molar-refractivity contribution in [2.24, 2.45) is 5.73 Å². The summed E-state index contributed by atoms with van der Waals surface area (Å²) in [5.74, 6) is 0.923. The van der Waals surface area contributed by atoms with Crippen LogP contribution in [0.5, 0.6) is 5.75 Å². The summed E-state index contributed by atoms with van der Waals surface area (Å²) in [6.07, 6.45) is 0. The smallest absolute Gasteiger partial charge is 0.119 e. The standard InChI is InChI=1S/C12H19NO/c1-4-14-11-7-5-6-10(8-11)12(2,3)9-13/h5-8H,4,9,13H2,1-3H3. The molecule has 1 aromatic rings. The van der Waals surface area contributed by atoms with Gasteiger partial charge in [0.15, 0.2) is 0 Å². The van der Waals surface area contributed by atoms with Gasteiger partial charge in [0, 0.05) is 12.0 Å². The Kier molecular flexibility index (Phi) is 3.53. The second-order valence-corrected chi connectivity index (χ2v) is 4.05. The molecule has 0 atom stereocenters. The third-order valence-corrected chi connectivity index (χ3v) is 2.44. The van der Waals surface area contributed by atoms with Gasteiger partial charge in [-0.05, 0) is 24.6 Å². The lowest BCUT2D eigenvalue weighted by molar-refractivity contribution is 0.339. The normalized spacial score (nSPS) is 11.4. The molecule has 1 rings (SSSR count). The number of hydrogen-bond donors (Lipinski definition) is 1. The minimum absolute atomic E-state index is 0.0209. The van der Waals surface area contributed by atoms with Gasteiger partial charge in [0.1, 0.15) is 5.75 Å². The van der Waals surface area contributed by atoms with Gasteiger partial charge < -0.3 is 10.5 Å². The Balaban J connectivity index is 2.93. The Bertz CT molecular complexity index is 294. The monoisotopic (exact) mass is 193 g/mol. The average molecular weight is 193 g/mol. The molecule has 0 aliphatic heterocycles. The molecule has 0 fully saturated rings. The van der Waals surface area contributed by atoms with Gasteiger partial charge in [-0.3, -0.25) is 0 Å². The molecule has 2 N–H and O–H groups in total. The van der Waals surface area contributed by atoms with Crippen LogP contribution in [0.4, 0.5) is 0 Å². The van der Waals surface area contributed by atoms with E-state index in [1.165, 1.54) is 5.56 Å². The molecule has 1 aromatic carbocycles. The van der Waals surface area contributed by atoms with E-state index in [-0.39, 0.29) is 5.41 Å². The third kappa shape index (κ3) is 2.48. The summed E-state index contributed by atoms with van der Waals surface area (Å²) >= 11 is 0. The number of benzene rings is 1. The van der Waals surface area contributed by atoms with Crippen molar-refractivity contribution in [3.63, 3.8) is 0 Å². The van der Waals surface area contributed by atoms with Crippen LogP contribution in [0.15, 0.2) is 24.3 Å². The minimum Gasteiger partial charge on any atom is -0.494 e. The van der Waals surface area contributed by atoms with E-state index >= 15 is 0 Å². The number of nitrogens with two attached hydrogens (primary N) is 1. The molecule has 0 saturated heterocycles. The molecule has 0 heterocycles. The molecule has 78 valence electrons. The Morgan fingerprint density at radius 3 is 2.64 bits per heavy atom. The van der Waals surface area contributed by atoms with E-state index in [0.29, 0.717) is 13.2 Å². The van der Waals surface area contributed by atoms with Crippen LogP contribution < -0.4 is 10.5 Å². The summed E-state index contributed by atoms with van der Waals surface area (Å²) in [6.45, 7) is 7.60. The molecule has 2 nitrogen and oxygen atoms in total. The SMILES string of the molecule is CCOc1cccc(C(C)(C)CN)c1. The molecular weight excluding hydrogens is 174 g/mol. The molecule has 0 aliphatic rings. The highest BCUT2D eigenvalue weighted by Crippen LogP contribution is 2.25. The van der Waals surface area contributed by atoms with Crippen molar-refractivity contribution in [2.45, 2.75) is 26.2 Å². The molecule has 0 bridgehead atoms. The molecule has 0 spiro atoms. The van der Waals surface area contributed by atoms with Crippen LogP contribution >= 0.6 is 0 Å². The van der Waals surface area contributed by atoms with Crippen LogP contribution in [-0.4, -0.2) is 13.2 Å². The lowest BCUT2D eigenvalue weighted by Gasteiger charge is -2.23. The zero-order valence-corrected chi connectivity index (χ0v) is 9.21. The highest BCUT2D eigenvalue weighted by Gasteiger charge is 2.18. The first-order valence-electron chi connectivity index (χ1n) is 5.03. The van der Waals surface area contributed by atoms with Crippen LogP contribution in [0.2, 0.25) is 0 Å². The maximum absolute atomic E-state index is 5.72. The number of ether oxygens (including phenoxy) is 1. The predicted molar refractivity (Wildman–Crippen MR) is 59.7 cm³/mol. The highest BCUT2D eigenvalue weighted by molar-refractivity contribution is 5.33. The first-order valence-corrected chi connectivity index (χ1v) is 5.03. The minimum atomic E-state index is 0.0209. The summed E-state index contributed by atoms with van der Waals surface area (Å²) in [6, 6.07) is 8.14. The van der Waals surface area contributed by atoms with E-state index in [1.807, 2.05) is 19.1 Å². The summed E-state index contributed by atoms with van der Waals surface area (Å²) in [5, 5.41) is 0. The molecule has 2 heteroatoms. The lowest BCUT2D eigenvalue weighted by atomic mass is 9.85. The lowest BCUT2D eigenvalue weighted by Crippen LogP contribution is -2.27. The van der Waals surface area contributed by atoms with Crippen molar-refractivity contribution < 1.29 is 4.74 Å². The Morgan fingerprint density at radius 2 is 2.07 bits per heavy atom. The fourth-order valence-electron chi connectivity index (χ4n) is 1.29. The van der Waals surface area contributed by atoms with Crippen molar-refractivity contribution in [2.75, 3.05) is 13.2 Å². The van der Waals surface area contributed by atoms with E-state index < -0.39 is 0 Å². The van der Waals surface area contributed by atoms with Crippen molar-refractivity contribution in [1.82, 2.24) is 0 Å². The third-order valence-electron chi connectivity index (χ3n) is 2.44. The van der Waals surface area contributed by atoms with Crippen LogP contribution in [-0.2, 0) is 5.41 Å². The van der Waals surface area contributed by atoms with E-state index in [4.69, 9.17) is 10.5 Å². The molecule has 0 saturated carbocycles. The van der Waals surface area contributed by atoms with Crippen LogP contribution in [0.3, 0.4) is 0 Å². The number of hydrogen-bond acceptors (Lipinski definition) is 2. The maximum Gasteiger partial charge on any atom is 0.119 e. The van der Waals surface area contributed by atoms with E-state index in [0.717, 1.165) is 5.75 Å². The molecule has 14 heavy (non-hydrogen) atoms. The molecule has 0 aromatic heterocycles. The van der Waals surface area contributed by atoms with Crippen molar-refractivity contribution in [3.05, 3.63) is 29.8 Å².